The molecule has 0 saturated heterocycles. The van der Waals surface area contributed by atoms with E-state index in [2.05, 4.69) is 15.0 Å². The van der Waals surface area contributed by atoms with Crippen molar-refractivity contribution in [2.45, 2.75) is 19.1 Å². The third-order valence-electron chi connectivity index (χ3n) is 4.22. The van der Waals surface area contributed by atoms with Crippen molar-refractivity contribution in [2.75, 3.05) is 25.6 Å². The molecule has 0 aliphatic carbocycles. The number of thiazole rings is 1. The molecule has 2 aliphatic heterocycles. The van der Waals surface area contributed by atoms with Crippen LogP contribution in [-0.4, -0.2) is 48.2 Å². The van der Waals surface area contributed by atoms with Gasteiger partial charge in [0, 0.05) is 17.8 Å². The van der Waals surface area contributed by atoms with E-state index < -0.39 is 12.2 Å². The molecule has 2 amide bonds. The lowest BCUT2D eigenvalue weighted by Crippen LogP contribution is -2.47. The predicted octanol–water partition coefficient (Wildman–Crippen LogP) is 2.05. The third-order valence-corrected chi connectivity index (χ3v) is 5.22. The zero-order valence-corrected chi connectivity index (χ0v) is 14.9. The van der Waals surface area contributed by atoms with Crippen LogP contribution in [0, 0.1) is 0 Å². The lowest BCUT2D eigenvalue weighted by Gasteiger charge is -2.32. The van der Waals surface area contributed by atoms with Crippen molar-refractivity contribution in [1.29, 1.82) is 0 Å². The second-order valence-electron chi connectivity index (χ2n) is 5.88. The molecule has 0 radical (unpaired) electrons. The zero-order chi connectivity index (χ0) is 18.1. The van der Waals surface area contributed by atoms with Crippen LogP contribution in [0.1, 0.15) is 10.6 Å². The number of nitrogens with one attached hydrogen (secondary N) is 1. The number of hydrogen-bond donors (Lipinski definition) is 1. The fourth-order valence-electron chi connectivity index (χ4n) is 2.92. The van der Waals surface area contributed by atoms with E-state index >= 15 is 0 Å². The van der Waals surface area contributed by atoms with Crippen molar-refractivity contribution in [3.05, 3.63) is 34.8 Å². The summed E-state index contributed by atoms with van der Waals surface area (Å²) in [6, 6.07) is 7.31. The molecule has 0 spiro atoms. The molecule has 1 unspecified atom stereocenters. The maximum absolute atomic E-state index is 12.8. The van der Waals surface area contributed by atoms with Gasteiger partial charge in [-0.2, -0.15) is 0 Å². The van der Waals surface area contributed by atoms with Crippen molar-refractivity contribution >= 4 is 28.5 Å². The van der Waals surface area contributed by atoms with E-state index in [9.17, 15) is 9.59 Å². The molecule has 0 fully saturated rings. The van der Waals surface area contributed by atoms with Gasteiger partial charge in [0.15, 0.2) is 16.6 Å². The Morgan fingerprint density at radius 1 is 1.35 bits per heavy atom. The van der Waals surface area contributed by atoms with Gasteiger partial charge >= 0.3 is 6.09 Å². The fourth-order valence-corrected chi connectivity index (χ4v) is 3.93. The largest absolute Gasteiger partial charge is 0.485 e. The number of fused-ring (bicyclic) bond motifs is 2. The van der Waals surface area contributed by atoms with E-state index in [0.717, 1.165) is 10.6 Å². The monoisotopic (exact) mass is 375 g/mol. The molecule has 136 valence electrons. The summed E-state index contributed by atoms with van der Waals surface area (Å²) in [5, 5.41) is 3.04. The first kappa shape index (κ1) is 16.6. The summed E-state index contributed by atoms with van der Waals surface area (Å²) in [6.07, 6.45) is -0.590. The molecule has 1 N–H and O–H groups in total. The van der Waals surface area contributed by atoms with Crippen LogP contribution in [0.5, 0.6) is 11.5 Å². The van der Waals surface area contributed by atoms with E-state index in [4.69, 9.17) is 9.47 Å². The van der Waals surface area contributed by atoms with Crippen LogP contribution in [-0.2, 0) is 22.5 Å². The molecule has 1 atom stereocenters. The van der Waals surface area contributed by atoms with Gasteiger partial charge in [0.2, 0.25) is 6.10 Å². The maximum Gasteiger partial charge on any atom is 0.413 e. The van der Waals surface area contributed by atoms with Gasteiger partial charge in [-0.05, 0) is 12.1 Å². The lowest BCUT2D eigenvalue weighted by molar-refractivity contribution is -0.142. The number of amides is 2. The summed E-state index contributed by atoms with van der Waals surface area (Å²) in [7, 11) is 1.30. The molecule has 1 aromatic carbocycles. The van der Waals surface area contributed by atoms with Gasteiger partial charge in [-0.3, -0.25) is 10.1 Å². The molecule has 0 bridgehead atoms. The average Bonchev–Trinajstić information content (AvgIpc) is 3.08. The Bertz CT molecular complexity index is 853. The van der Waals surface area contributed by atoms with Gasteiger partial charge < -0.3 is 19.1 Å². The number of rotatable bonds is 2. The highest BCUT2D eigenvalue weighted by Crippen LogP contribution is 2.33. The van der Waals surface area contributed by atoms with Crippen LogP contribution in [0.2, 0.25) is 0 Å². The van der Waals surface area contributed by atoms with Crippen LogP contribution in [0.4, 0.5) is 9.93 Å². The van der Waals surface area contributed by atoms with E-state index in [1.54, 1.807) is 11.0 Å². The number of aromatic nitrogens is 1. The smallest absolute Gasteiger partial charge is 0.413 e. The van der Waals surface area contributed by atoms with Crippen molar-refractivity contribution in [3.63, 3.8) is 0 Å². The zero-order valence-electron chi connectivity index (χ0n) is 14.1. The summed E-state index contributed by atoms with van der Waals surface area (Å²) in [4.78, 5) is 31.2. The third kappa shape index (κ3) is 3.17. The molecule has 9 heteroatoms. The number of anilines is 1. The number of hydrogen-bond acceptors (Lipinski definition) is 7. The SMILES string of the molecule is COC(=O)Nc1nc2c(s1)CN(C(=O)C1COc3ccccc3O1)CC2. The average molecular weight is 375 g/mol. The highest BCUT2D eigenvalue weighted by molar-refractivity contribution is 7.15. The quantitative estimate of drug-likeness (QED) is 0.864. The molecule has 4 rings (SSSR count). The van der Waals surface area contributed by atoms with Gasteiger partial charge in [-0.25, -0.2) is 9.78 Å². The van der Waals surface area contributed by atoms with E-state index in [1.165, 1.54) is 18.4 Å². The normalized spacial score (nSPS) is 18.0. The number of methoxy groups -OCH3 is 1. The summed E-state index contributed by atoms with van der Waals surface area (Å²) < 4.78 is 16.0. The van der Waals surface area contributed by atoms with Crippen molar-refractivity contribution in [3.8, 4) is 11.5 Å². The Hall–Kier alpha value is -2.81. The number of ether oxygens (including phenoxy) is 3. The topological polar surface area (TPSA) is 90.0 Å². The van der Waals surface area contributed by atoms with Crippen LogP contribution in [0.3, 0.4) is 0 Å². The second kappa shape index (κ2) is 6.83. The van der Waals surface area contributed by atoms with Crippen molar-refractivity contribution in [2.24, 2.45) is 0 Å². The lowest BCUT2D eigenvalue weighted by atomic mass is 10.1. The van der Waals surface area contributed by atoms with E-state index in [0.29, 0.717) is 36.1 Å². The standard InChI is InChI=1S/C17H17N3O5S/c1-23-17(22)19-16-18-10-6-7-20(8-14(10)26-16)15(21)13-9-24-11-4-2-3-5-12(11)25-13/h2-5,13H,6-9H2,1H3,(H,18,19,22). The Kier molecular flexibility index (Phi) is 4.37. The first-order valence-corrected chi connectivity index (χ1v) is 8.96. The Labute approximate surface area is 153 Å². The molecule has 0 saturated carbocycles. The number of para-hydroxylation sites is 2. The Morgan fingerprint density at radius 2 is 2.15 bits per heavy atom. The molecule has 2 aromatic rings. The molecule has 2 aliphatic rings. The first-order valence-electron chi connectivity index (χ1n) is 8.15. The number of carbonyl (C=O) groups is 2. The second-order valence-corrected chi connectivity index (χ2v) is 6.96. The van der Waals surface area contributed by atoms with Crippen molar-refractivity contribution in [1.82, 2.24) is 9.88 Å². The highest BCUT2D eigenvalue weighted by Gasteiger charge is 2.33. The molecular formula is C17H17N3O5S. The fraction of sp³-hybridized carbons (Fsp3) is 0.353. The Morgan fingerprint density at radius 3 is 2.96 bits per heavy atom. The van der Waals surface area contributed by atoms with Gasteiger partial charge in [0.05, 0.1) is 19.3 Å². The minimum Gasteiger partial charge on any atom is -0.485 e. The van der Waals surface area contributed by atoms with Gasteiger partial charge in [-0.15, -0.1) is 0 Å². The summed E-state index contributed by atoms with van der Waals surface area (Å²) in [6.45, 7) is 1.18. The summed E-state index contributed by atoms with van der Waals surface area (Å²) in [5.74, 6) is 1.12. The van der Waals surface area contributed by atoms with E-state index in [1.807, 2.05) is 18.2 Å². The van der Waals surface area contributed by atoms with Gasteiger partial charge in [0.25, 0.3) is 5.91 Å². The maximum atomic E-state index is 12.8. The summed E-state index contributed by atoms with van der Waals surface area (Å²) >= 11 is 1.35. The van der Waals surface area contributed by atoms with Crippen LogP contribution in [0.15, 0.2) is 24.3 Å². The summed E-state index contributed by atoms with van der Waals surface area (Å²) in [5.41, 5.74) is 0.900. The van der Waals surface area contributed by atoms with Gasteiger partial charge in [-0.1, -0.05) is 23.5 Å². The van der Waals surface area contributed by atoms with Crippen LogP contribution >= 0.6 is 11.3 Å². The number of benzene rings is 1. The van der Waals surface area contributed by atoms with Crippen LogP contribution in [0.25, 0.3) is 0 Å². The first-order chi connectivity index (χ1) is 12.6. The molecule has 26 heavy (non-hydrogen) atoms. The molecule has 1 aromatic heterocycles. The Balaban J connectivity index is 1.44. The molecule has 8 nitrogen and oxygen atoms in total. The predicted molar refractivity (Wildman–Crippen MR) is 93.6 cm³/mol. The number of carbonyl (C=O) groups excluding carboxylic acids is 2. The minimum atomic E-state index is -0.660. The molecule has 3 heterocycles. The van der Waals surface area contributed by atoms with Crippen LogP contribution < -0.4 is 14.8 Å². The highest BCUT2D eigenvalue weighted by atomic mass is 32.1. The number of nitrogens with zero attached hydrogens (tertiary/aromatic N) is 2. The minimum absolute atomic E-state index is 0.110. The van der Waals surface area contributed by atoms with Crippen molar-refractivity contribution < 1.29 is 23.8 Å². The van der Waals surface area contributed by atoms with Gasteiger partial charge in [0.1, 0.15) is 6.61 Å². The molecular weight excluding hydrogens is 358 g/mol. The van der Waals surface area contributed by atoms with E-state index in [-0.39, 0.29) is 12.5 Å².